The number of β-amino-alcohol motifs (C(OH)–C–C–N with tert-alkyl or cyclic N) is 1. The Bertz CT molecular complexity index is 888. The van der Waals surface area contributed by atoms with Gasteiger partial charge in [0.15, 0.2) is 0 Å². The molecule has 32 heavy (non-hydrogen) atoms. The van der Waals surface area contributed by atoms with Gasteiger partial charge in [-0.05, 0) is 57.9 Å². The van der Waals surface area contributed by atoms with Crippen molar-refractivity contribution in [2.75, 3.05) is 25.1 Å². The molecule has 2 unspecified atom stereocenters. The number of anilines is 1. The highest BCUT2D eigenvalue weighted by atomic mass is 16.5. The number of nitrogens with zero attached hydrogens (tertiary/aromatic N) is 1. The number of aliphatic hydroxyl groups is 1. The number of carbonyl (C=O) groups is 3. The lowest BCUT2D eigenvalue weighted by molar-refractivity contribution is -0.142. The summed E-state index contributed by atoms with van der Waals surface area (Å²) in [6, 6.07) is 6.08. The molecule has 2 bridgehead atoms. The quantitative estimate of drug-likeness (QED) is 0.548. The zero-order valence-electron chi connectivity index (χ0n) is 18.7. The van der Waals surface area contributed by atoms with Gasteiger partial charge in [-0.15, -0.1) is 0 Å². The number of rotatable bonds is 8. The second kappa shape index (κ2) is 8.71. The largest absolute Gasteiger partial charge is 0.494 e. The van der Waals surface area contributed by atoms with Crippen molar-refractivity contribution in [1.29, 1.82) is 0 Å². The van der Waals surface area contributed by atoms with E-state index in [1.54, 1.807) is 24.3 Å². The van der Waals surface area contributed by atoms with Crippen LogP contribution in [0.25, 0.3) is 0 Å². The Hall–Kier alpha value is -2.65. The van der Waals surface area contributed by atoms with Gasteiger partial charge in [-0.25, -0.2) is 0 Å². The van der Waals surface area contributed by atoms with Crippen molar-refractivity contribution in [2.45, 2.75) is 57.4 Å². The lowest BCUT2D eigenvalue weighted by Crippen LogP contribution is -2.56. The molecule has 9 heteroatoms. The summed E-state index contributed by atoms with van der Waals surface area (Å²) in [5, 5.41) is 15.3. The predicted octanol–water partition coefficient (Wildman–Crippen LogP) is 0.915. The molecule has 3 saturated heterocycles. The Morgan fingerprint density at radius 1 is 1.28 bits per heavy atom. The van der Waals surface area contributed by atoms with Gasteiger partial charge < -0.3 is 30.1 Å². The number of hydrogen-bond acceptors (Lipinski definition) is 6. The van der Waals surface area contributed by atoms with Crippen LogP contribution >= 0.6 is 0 Å². The van der Waals surface area contributed by atoms with E-state index in [0.29, 0.717) is 30.9 Å². The molecule has 174 valence electrons. The fourth-order valence-corrected chi connectivity index (χ4v) is 5.49. The first kappa shape index (κ1) is 22.5. The zero-order chi connectivity index (χ0) is 23.0. The third kappa shape index (κ3) is 3.63. The van der Waals surface area contributed by atoms with E-state index in [1.165, 1.54) is 4.90 Å². The van der Waals surface area contributed by atoms with Gasteiger partial charge >= 0.3 is 0 Å². The van der Waals surface area contributed by atoms with Crippen LogP contribution in [0.15, 0.2) is 24.3 Å². The molecule has 3 aliphatic heterocycles. The summed E-state index contributed by atoms with van der Waals surface area (Å²) < 4.78 is 11.7. The van der Waals surface area contributed by atoms with Gasteiger partial charge in [0, 0.05) is 18.3 Å². The summed E-state index contributed by atoms with van der Waals surface area (Å²) in [7, 11) is 0. The molecular weight excluding hydrogens is 414 g/mol. The lowest BCUT2D eigenvalue weighted by atomic mass is 9.70. The number of carbonyl (C=O) groups excluding carboxylic acids is 3. The van der Waals surface area contributed by atoms with Crippen LogP contribution in [0.3, 0.4) is 0 Å². The molecule has 9 nitrogen and oxygen atoms in total. The van der Waals surface area contributed by atoms with E-state index in [-0.39, 0.29) is 36.9 Å². The number of ether oxygens (including phenoxy) is 2. The Morgan fingerprint density at radius 3 is 2.62 bits per heavy atom. The number of aliphatic hydroxyl groups excluding tert-OH is 1. The molecule has 3 heterocycles. The van der Waals surface area contributed by atoms with Gasteiger partial charge in [-0.3, -0.25) is 14.4 Å². The highest BCUT2D eigenvalue weighted by Crippen LogP contribution is 2.58. The van der Waals surface area contributed by atoms with Crippen molar-refractivity contribution >= 4 is 23.4 Å². The molecule has 5 atom stereocenters. The van der Waals surface area contributed by atoms with Crippen LogP contribution in [-0.4, -0.2) is 71.3 Å². The number of likely N-dealkylation sites (tertiary alicyclic amines) is 1. The lowest BCUT2D eigenvalue weighted by Gasteiger charge is -2.33. The van der Waals surface area contributed by atoms with Gasteiger partial charge in [0.05, 0.1) is 31.2 Å². The van der Waals surface area contributed by atoms with Crippen LogP contribution in [0.4, 0.5) is 5.69 Å². The Labute approximate surface area is 187 Å². The minimum atomic E-state index is -1.04. The van der Waals surface area contributed by atoms with Crippen molar-refractivity contribution in [2.24, 2.45) is 11.8 Å². The minimum absolute atomic E-state index is 0.0223. The molecule has 3 amide bonds. The summed E-state index contributed by atoms with van der Waals surface area (Å²) in [5.41, 5.74) is -0.446. The van der Waals surface area contributed by atoms with Crippen LogP contribution in [-0.2, 0) is 19.1 Å². The molecule has 0 aliphatic carbocycles. The minimum Gasteiger partial charge on any atom is -0.494 e. The second-order valence-corrected chi connectivity index (χ2v) is 8.92. The summed E-state index contributed by atoms with van der Waals surface area (Å²) in [4.78, 5) is 41.2. The number of amides is 3. The normalized spacial score (nSPS) is 30.5. The monoisotopic (exact) mass is 445 g/mol. The fraction of sp³-hybridized carbons (Fsp3) is 0.609. The Kier molecular flexibility index (Phi) is 6.13. The van der Waals surface area contributed by atoms with E-state index in [4.69, 9.17) is 9.47 Å². The van der Waals surface area contributed by atoms with E-state index in [1.807, 2.05) is 20.8 Å². The average Bonchev–Trinajstić information content (AvgIpc) is 3.37. The second-order valence-electron chi connectivity index (χ2n) is 8.92. The first-order chi connectivity index (χ1) is 15.3. The van der Waals surface area contributed by atoms with Crippen molar-refractivity contribution in [3.05, 3.63) is 24.3 Å². The number of hydrogen-bond donors (Lipinski definition) is 3. The first-order valence-corrected chi connectivity index (χ1v) is 11.3. The Balaban J connectivity index is 1.59. The van der Waals surface area contributed by atoms with Crippen molar-refractivity contribution < 1.29 is 29.0 Å². The maximum absolute atomic E-state index is 13.4. The highest BCUT2D eigenvalue weighted by Gasteiger charge is 2.74. The molecule has 1 aromatic rings. The first-order valence-electron chi connectivity index (χ1n) is 11.3. The summed E-state index contributed by atoms with van der Waals surface area (Å²) in [5.74, 6) is -1.65. The number of fused-ring (bicyclic) bond motifs is 1. The van der Waals surface area contributed by atoms with E-state index in [2.05, 4.69) is 10.6 Å². The van der Waals surface area contributed by atoms with Crippen molar-refractivity contribution in [3.8, 4) is 5.75 Å². The summed E-state index contributed by atoms with van der Waals surface area (Å²) >= 11 is 0. The third-order valence-electron chi connectivity index (χ3n) is 6.56. The maximum atomic E-state index is 13.4. The van der Waals surface area contributed by atoms with Crippen molar-refractivity contribution in [3.63, 3.8) is 0 Å². The molecule has 1 spiro atoms. The van der Waals surface area contributed by atoms with Crippen molar-refractivity contribution in [1.82, 2.24) is 10.2 Å². The molecule has 0 saturated carbocycles. The van der Waals surface area contributed by atoms with Gasteiger partial charge in [0.25, 0.3) is 0 Å². The standard InChI is InChI=1S/C23H31N3O6/c1-4-31-15-7-5-14(6-8-15)25-20(28)17-16-9-10-23(32-16)18(17)22(30)26(11-12-27)19(23)21(29)24-13(2)3/h5-8,13,16-19,27H,4,9-12H2,1-3H3,(H,24,29)(H,25,28)/t16-,17+,18-,19?,23?/m0/s1. The fourth-order valence-electron chi connectivity index (χ4n) is 5.49. The van der Waals surface area contributed by atoms with Crippen LogP contribution in [0.1, 0.15) is 33.6 Å². The molecule has 0 radical (unpaired) electrons. The van der Waals surface area contributed by atoms with E-state index in [0.717, 1.165) is 0 Å². The topological polar surface area (TPSA) is 117 Å². The molecule has 3 aliphatic rings. The molecule has 4 rings (SSSR count). The van der Waals surface area contributed by atoms with E-state index in [9.17, 15) is 19.5 Å². The zero-order valence-corrected chi connectivity index (χ0v) is 18.7. The van der Waals surface area contributed by atoms with Gasteiger partial charge in [0.1, 0.15) is 17.4 Å². The molecule has 0 aromatic heterocycles. The molecule has 3 N–H and O–H groups in total. The molecule has 1 aromatic carbocycles. The third-order valence-corrected chi connectivity index (χ3v) is 6.56. The van der Waals surface area contributed by atoms with Gasteiger partial charge in [-0.1, -0.05) is 0 Å². The number of benzene rings is 1. The number of nitrogens with one attached hydrogen (secondary N) is 2. The average molecular weight is 446 g/mol. The summed E-state index contributed by atoms with van der Waals surface area (Å²) in [6.45, 7) is 5.89. The van der Waals surface area contributed by atoms with Crippen LogP contribution < -0.4 is 15.4 Å². The van der Waals surface area contributed by atoms with Gasteiger partial charge in [0.2, 0.25) is 17.7 Å². The molecule has 3 fully saturated rings. The predicted molar refractivity (Wildman–Crippen MR) is 116 cm³/mol. The van der Waals surface area contributed by atoms with Crippen LogP contribution in [0, 0.1) is 11.8 Å². The van der Waals surface area contributed by atoms with E-state index >= 15 is 0 Å². The Morgan fingerprint density at radius 2 is 2.00 bits per heavy atom. The SMILES string of the molecule is CCOc1ccc(NC(=O)[C@@H]2[C@@H]3CCC4(O3)C(C(=O)NC(C)C)N(CCO)C(=O)[C@H]24)cc1. The summed E-state index contributed by atoms with van der Waals surface area (Å²) in [6.07, 6.45) is 0.708. The smallest absolute Gasteiger partial charge is 0.246 e. The molecular formula is C23H31N3O6. The van der Waals surface area contributed by atoms with Gasteiger partial charge in [-0.2, -0.15) is 0 Å². The van der Waals surface area contributed by atoms with Crippen LogP contribution in [0.5, 0.6) is 5.75 Å². The highest BCUT2D eigenvalue weighted by molar-refractivity contribution is 6.02. The van der Waals surface area contributed by atoms with Crippen LogP contribution in [0.2, 0.25) is 0 Å². The van der Waals surface area contributed by atoms with E-state index < -0.39 is 29.6 Å². The maximum Gasteiger partial charge on any atom is 0.246 e.